The molecule has 4 aromatic rings. The highest BCUT2D eigenvalue weighted by atomic mass is 32.1. The van der Waals surface area contributed by atoms with Gasteiger partial charge in [0.2, 0.25) is 4.96 Å². The second-order valence-electron chi connectivity index (χ2n) is 5.43. The Morgan fingerprint density at radius 2 is 2.16 bits per heavy atom. The average Bonchev–Trinajstić information content (AvgIpc) is 3.16. The normalized spacial score (nSPS) is 11.2. The third-order valence-corrected chi connectivity index (χ3v) is 4.66. The van der Waals surface area contributed by atoms with Crippen LogP contribution in [0.3, 0.4) is 0 Å². The second kappa shape index (κ2) is 6.10. The van der Waals surface area contributed by atoms with Gasteiger partial charge in [-0.3, -0.25) is 4.79 Å². The van der Waals surface area contributed by atoms with E-state index in [1.807, 2.05) is 13.0 Å². The van der Waals surface area contributed by atoms with E-state index in [1.54, 1.807) is 28.8 Å². The Kier molecular flexibility index (Phi) is 3.77. The molecule has 4 rings (SSSR count). The van der Waals surface area contributed by atoms with E-state index < -0.39 is 11.5 Å². The van der Waals surface area contributed by atoms with Crippen LogP contribution in [-0.4, -0.2) is 32.3 Å². The van der Waals surface area contributed by atoms with E-state index in [0.717, 1.165) is 10.8 Å². The molecule has 9 heteroatoms. The van der Waals surface area contributed by atoms with Gasteiger partial charge in [0.1, 0.15) is 16.2 Å². The fourth-order valence-corrected chi connectivity index (χ4v) is 3.33. The van der Waals surface area contributed by atoms with E-state index in [9.17, 15) is 9.59 Å². The number of benzene rings is 1. The zero-order chi connectivity index (χ0) is 17.4. The summed E-state index contributed by atoms with van der Waals surface area (Å²) in [7, 11) is 0. The van der Waals surface area contributed by atoms with Gasteiger partial charge in [0.15, 0.2) is 5.82 Å². The highest BCUT2D eigenvalue weighted by Crippen LogP contribution is 2.14. The minimum Gasteiger partial charge on any atom is -0.422 e. The minimum absolute atomic E-state index is 0.00677. The van der Waals surface area contributed by atoms with Crippen molar-refractivity contribution in [3.05, 3.63) is 57.1 Å². The Balaban J connectivity index is 1.46. The number of fused-ring (bicyclic) bond motifs is 2. The molecule has 126 valence electrons. The van der Waals surface area contributed by atoms with Crippen LogP contribution in [0, 0.1) is 6.92 Å². The summed E-state index contributed by atoms with van der Waals surface area (Å²) in [6, 6.07) is 8.61. The molecule has 0 atom stereocenters. The lowest BCUT2D eigenvalue weighted by Crippen LogP contribution is -2.29. The van der Waals surface area contributed by atoms with Crippen molar-refractivity contribution in [1.82, 2.24) is 25.1 Å². The van der Waals surface area contributed by atoms with E-state index >= 15 is 0 Å². The number of nitrogens with one attached hydrogen (secondary N) is 1. The first-order chi connectivity index (χ1) is 12.1. The number of carbonyl (C=O) groups is 1. The Morgan fingerprint density at radius 3 is 3.00 bits per heavy atom. The maximum atomic E-state index is 12.3. The monoisotopic (exact) mass is 355 g/mol. The summed E-state index contributed by atoms with van der Waals surface area (Å²) in [5.41, 5.74) is -0.197. The lowest BCUT2D eigenvalue weighted by atomic mass is 10.2. The van der Waals surface area contributed by atoms with Crippen molar-refractivity contribution in [2.24, 2.45) is 0 Å². The van der Waals surface area contributed by atoms with Crippen LogP contribution < -0.4 is 10.9 Å². The Labute approximate surface area is 145 Å². The smallest absolute Gasteiger partial charge is 0.349 e. The topological polar surface area (TPSA) is 102 Å². The quantitative estimate of drug-likeness (QED) is 0.558. The van der Waals surface area contributed by atoms with E-state index in [4.69, 9.17) is 4.42 Å². The molecule has 0 fully saturated rings. The van der Waals surface area contributed by atoms with E-state index in [0.29, 0.717) is 28.9 Å². The number of aromatic nitrogens is 4. The number of hydrogen-bond donors (Lipinski definition) is 1. The minimum atomic E-state index is -0.648. The predicted molar refractivity (Wildman–Crippen MR) is 91.9 cm³/mol. The molecule has 0 spiro atoms. The van der Waals surface area contributed by atoms with Gasteiger partial charge in [-0.15, -0.1) is 10.2 Å². The summed E-state index contributed by atoms with van der Waals surface area (Å²) in [6.45, 7) is 2.18. The number of nitrogens with zero attached hydrogens (tertiary/aromatic N) is 4. The standard InChI is InChI=1S/C16H13N5O3S/c1-9-18-19-16-21(9)20-13(25-16)6-7-17-14(22)11-8-10-4-2-3-5-12(10)24-15(11)23/h2-5,8H,6-7H2,1H3,(H,17,22). The average molecular weight is 355 g/mol. The maximum absolute atomic E-state index is 12.3. The number of amides is 1. The molecule has 0 bridgehead atoms. The number of aryl methyl sites for hydroxylation is 1. The fourth-order valence-electron chi connectivity index (χ4n) is 2.45. The highest BCUT2D eigenvalue weighted by molar-refractivity contribution is 7.16. The van der Waals surface area contributed by atoms with Crippen LogP contribution in [0.25, 0.3) is 15.9 Å². The zero-order valence-electron chi connectivity index (χ0n) is 13.2. The molecule has 1 N–H and O–H groups in total. The molecule has 0 saturated carbocycles. The van der Waals surface area contributed by atoms with E-state index in [1.165, 1.54) is 11.3 Å². The number of carbonyl (C=O) groups excluding carboxylic acids is 1. The molecule has 8 nitrogen and oxygen atoms in total. The van der Waals surface area contributed by atoms with Gasteiger partial charge in [0, 0.05) is 18.4 Å². The molecule has 0 aliphatic carbocycles. The first-order valence-electron chi connectivity index (χ1n) is 7.60. The molecule has 3 aromatic heterocycles. The van der Waals surface area contributed by atoms with Crippen molar-refractivity contribution in [3.8, 4) is 0 Å². The van der Waals surface area contributed by atoms with Crippen LogP contribution >= 0.6 is 11.3 Å². The number of hydrogen-bond acceptors (Lipinski definition) is 7. The second-order valence-corrected chi connectivity index (χ2v) is 6.47. The first kappa shape index (κ1) is 15.5. The van der Waals surface area contributed by atoms with Crippen LogP contribution in [0.15, 0.2) is 39.5 Å². The lowest BCUT2D eigenvalue weighted by Gasteiger charge is -2.04. The first-order valence-corrected chi connectivity index (χ1v) is 8.42. The summed E-state index contributed by atoms with van der Waals surface area (Å²) < 4.78 is 6.84. The van der Waals surface area contributed by atoms with Crippen molar-refractivity contribution < 1.29 is 9.21 Å². The van der Waals surface area contributed by atoms with Crippen LogP contribution in [0.2, 0.25) is 0 Å². The van der Waals surface area contributed by atoms with Gasteiger partial charge in [0.05, 0.1) is 0 Å². The van der Waals surface area contributed by atoms with Gasteiger partial charge in [-0.25, -0.2) is 4.79 Å². The third-order valence-electron chi connectivity index (χ3n) is 3.70. The molecule has 0 saturated heterocycles. The molecule has 1 amide bonds. The Morgan fingerprint density at radius 1 is 1.32 bits per heavy atom. The molecule has 0 aliphatic heterocycles. The van der Waals surface area contributed by atoms with Gasteiger partial charge in [-0.1, -0.05) is 29.5 Å². The van der Waals surface area contributed by atoms with Crippen LogP contribution in [0.4, 0.5) is 0 Å². The summed E-state index contributed by atoms with van der Waals surface area (Å²) in [4.78, 5) is 24.9. The molecule has 3 heterocycles. The maximum Gasteiger partial charge on any atom is 0.349 e. The molecule has 0 radical (unpaired) electrons. The molecular weight excluding hydrogens is 342 g/mol. The van der Waals surface area contributed by atoms with Gasteiger partial charge >= 0.3 is 5.63 Å². The zero-order valence-corrected chi connectivity index (χ0v) is 14.0. The van der Waals surface area contributed by atoms with Crippen molar-refractivity contribution in [3.63, 3.8) is 0 Å². The van der Waals surface area contributed by atoms with Crippen LogP contribution in [-0.2, 0) is 6.42 Å². The van der Waals surface area contributed by atoms with Crippen molar-refractivity contribution in [1.29, 1.82) is 0 Å². The van der Waals surface area contributed by atoms with Crippen molar-refractivity contribution in [2.75, 3.05) is 6.54 Å². The molecular formula is C16H13N5O3S. The largest absolute Gasteiger partial charge is 0.422 e. The highest BCUT2D eigenvalue weighted by Gasteiger charge is 2.14. The lowest BCUT2D eigenvalue weighted by molar-refractivity contribution is 0.0950. The fraction of sp³-hybridized carbons (Fsp3) is 0.188. The molecule has 25 heavy (non-hydrogen) atoms. The number of para-hydroxylation sites is 1. The van der Waals surface area contributed by atoms with Gasteiger partial charge in [-0.2, -0.15) is 9.61 Å². The SMILES string of the molecule is Cc1nnc2sc(CCNC(=O)c3cc4ccccc4oc3=O)nn12. The van der Waals surface area contributed by atoms with Gasteiger partial charge in [-0.05, 0) is 19.1 Å². The van der Waals surface area contributed by atoms with Crippen molar-refractivity contribution >= 4 is 33.2 Å². The molecule has 0 unspecified atom stereocenters. The molecule has 0 aliphatic rings. The van der Waals surface area contributed by atoms with E-state index in [-0.39, 0.29) is 5.56 Å². The Hall–Kier alpha value is -3.07. The van der Waals surface area contributed by atoms with Gasteiger partial charge in [0.25, 0.3) is 5.91 Å². The summed E-state index contributed by atoms with van der Waals surface area (Å²) >= 11 is 1.42. The summed E-state index contributed by atoms with van der Waals surface area (Å²) in [6.07, 6.45) is 0.540. The van der Waals surface area contributed by atoms with E-state index in [2.05, 4.69) is 20.6 Å². The van der Waals surface area contributed by atoms with Crippen molar-refractivity contribution in [2.45, 2.75) is 13.3 Å². The van der Waals surface area contributed by atoms with Gasteiger partial charge < -0.3 is 9.73 Å². The third kappa shape index (κ3) is 2.89. The molecule has 1 aromatic carbocycles. The number of rotatable bonds is 4. The van der Waals surface area contributed by atoms with Crippen LogP contribution in [0.5, 0.6) is 0 Å². The Bertz CT molecular complexity index is 1140. The predicted octanol–water partition coefficient (Wildman–Crippen LogP) is 1.57. The van der Waals surface area contributed by atoms with Crippen LogP contribution in [0.1, 0.15) is 21.2 Å². The summed E-state index contributed by atoms with van der Waals surface area (Å²) in [5, 5.41) is 16.6. The summed E-state index contributed by atoms with van der Waals surface area (Å²) in [5.74, 6) is 0.258.